The molecule has 0 amide bonds. The zero-order chi connectivity index (χ0) is 21.4. The summed E-state index contributed by atoms with van der Waals surface area (Å²) in [6.45, 7) is 4.28. The van der Waals surface area contributed by atoms with Crippen molar-refractivity contribution in [1.29, 1.82) is 0 Å². The minimum atomic E-state index is -0.912. The summed E-state index contributed by atoms with van der Waals surface area (Å²) in [4.78, 5) is 31.2. The van der Waals surface area contributed by atoms with E-state index in [2.05, 4.69) is 6.58 Å². The molecular formula is C27H21NO3. The summed E-state index contributed by atoms with van der Waals surface area (Å²) >= 11 is 0. The number of hydrogen-bond donors (Lipinski definition) is 0. The van der Waals surface area contributed by atoms with Crippen LogP contribution in [0, 0.1) is 0 Å². The zero-order valence-electron chi connectivity index (χ0n) is 17.0. The third-order valence-electron chi connectivity index (χ3n) is 5.75. The van der Waals surface area contributed by atoms with Crippen LogP contribution in [0.1, 0.15) is 45.2 Å². The van der Waals surface area contributed by atoms with Crippen molar-refractivity contribution in [3.05, 3.63) is 96.2 Å². The molecule has 0 spiro atoms. The first-order chi connectivity index (χ1) is 15.2. The molecule has 5 rings (SSSR count). The minimum absolute atomic E-state index is 0.193. The Balaban J connectivity index is 1.54. The number of ether oxygens (including phenoxy) is 1. The molecule has 1 aliphatic carbocycles. The van der Waals surface area contributed by atoms with Gasteiger partial charge in [0.25, 0.3) is 0 Å². The summed E-state index contributed by atoms with van der Waals surface area (Å²) in [5.41, 5.74) is 2.08. The van der Waals surface area contributed by atoms with Gasteiger partial charge in [-0.25, -0.2) is 4.98 Å². The largest absolute Gasteiger partial charge is 0.491 e. The van der Waals surface area contributed by atoms with Crippen LogP contribution in [-0.4, -0.2) is 23.2 Å². The van der Waals surface area contributed by atoms with Crippen molar-refractivity contribution in [1.82, 2.24) is 4.98 Å². The summed E-state index contributed by atoms with van der Waals surface area (Å²) in [6.07, 6.45) is 3.60. The molecule has 0 bridgehead atoms. The Morgan fingerprint density at radius 2 is 1.55 bits per heavy atom. The standard InChI is InChI=1S/C27H21NO3/c1-2-3-6-14-31-23-11-7-10-17-12-13-22(28-25(17)23)24-26(29)20-15-18-8-4-5-9-19(18)16-21(20)27(24)30/h2,4-5,7-13,15-16,24H,1,3,6,14H2. The maximum Gasteiger partial charge on any atom is 0.180 e. The highest BCUT2D eigenvalue weighted by Crippen LogP contribution is 2.37. The quantitative estimate of drug-likeness (QED) is 0.227. The van der Waals surface area contributed by atoms with Crippen molar-refractivity contribution in [2.24, 2.45) is 0 Å². The number of carbonyl (C=O) groups is 2. The Bertz CT molecular complexity index is 1300. The van der Waals surface area contributed by atoms with E-state index in [0.29, 0.717) is 34.7 Å². The molecule has 0 atom stereocenters. The second kappa shape index (κ2) is 7.80. The summed E-state index contributed by atoms with van der Waals surface area (Å²) in [5.74, 6) is -0.640. The van der Waals surface area contributed by atoms with Gasteiger partial charge in [0.2, 0.25) is 0 Å². The van der Waals surface area contributed by atoms with Crippen molar-refractivity contribution in [2.45, 2.75) is 18.8 Å². The third kappa shape index (κ3) is 3.30. The monoisotopic (exact) mass is 407 g/mol. The predicted molar refractivity (Wildman–Crippen MR) is 122 cm³/mol. The Kier molecular flexibility index (Phi) is 4.83. The molecule has 0 unspecified atom stereocenters. The first-order valence-electron chi connectivity index (χ1n) is 10.4. The van der Waals surface area contributed by atoms with Gasteiger partial charge in [0.15, 0.2) is 11.6 Å². The molecule has 0 fully saturated rings. The molecule has 0 saturated heterocycles. The van der Waals surface area contributed by atoms with Crippen LogP contribution in [0.4, 0.5) is 0 Å². The van der Waals surface area contributed by atoms with Gasteiger partial charge in [-0.2, -0.15) is 0 Å². The van der Waals surface area contributed by atoms with Gasteiger partial charge in [-0.1, -0.05) is 48.5 Å². The van der Waals surface area contributed by atoms with Gasteiger partial charge in [0.05, 0.1) is 12.3 Å². The highest BCUT2D eigenvalue weighted by molar-refractivity contribution is 6.30. The Morgan fingerprint density at radius 3 is 2.23 bits per heavy atom. The summed E-state index contributed by atoms with van der Waals surface area (Å²) in [5, 5.41) is 2.81. The van der Waals surface area contributed by atoms with E-state index in [1.54, 1.807) is 6.07 Å². The number of allylic oxidation sites excluding steroid dienone is 1. The number of aromatic nitrogens is 1. The number of fused-ring (bicyclic) bond motifs is 3. The Morgan fingerprint density at radius 1 is 0.871 bits per heavy atom. The van der Waals surface area contributed by atoms with Crippen molar-refractivity contribution in [3.63, 3.8) is 0 Å². The van der Waals surface area contributed by atoms with Crippen LogP contribution < -0.4 is 4.74 Å². The summed E-state index contributed by atoms with van der Waals surface area (Å²) < 4.78 is 5.93. The fourth-order valence-electron chi connectivity index (χ4n) is 4.17. The molecule has 152 valence electrons. The molecule has 1 aromatic heterocycles. The lowest BCUT2D eigenvalue weighted by atomic mass is 9.98. The molecule has 31 heavy (non-hydrogen) atoms. The molecule has 4 nitrogen and oxygen atoms in total. The molecule has 1 aliphatic rings. The smallest absolute Gasteiger partial charge is 0.180 e. The van der Waals surface area contributed by atoms with Gasteiger partial charge < -0.3 is 4.74 Å². The van der Waals surface area contributed by atoms with Crippen molar-refractivity contribution >= 4 is 33.2 Å². The van der Waals surface area contributed by atoms with E-state index in [9.17, 15) is 9.59 Å². The van der Waals surface area contributed by atoms with E-state index in [1.807, 2.05) is 66.7 Å². The molecule has 4 heteroatoms. The van der Waals surface area contributed by atoms with E-state index in [4.69, 9.17) is 9.72 Å². The number of nitrogens with zero attached hydrogens (tertiary/aromatic N) is 1. The van der Waals surface area contributed by atoms with E-state index >= 15 is 0 Å². The van der Waals surface area contributed by atoms with Crippen LogP contribution in [0.15, 0.2) is 79.4 Å². The minimum Gasteiger partial charge on any atom is -0.491 e. The number of para-hydroxylation sites is 1. The van der Waals surface area contributed by atoms with Crippen molar-refractivity contribution in [3.8, 4) is 5.75 Å². The van der Waals surface area contributed by atoms with Gasteiger partial charge in [0, 0.05) is 16.5 Å². The molecule has 1 heterocycles. The number of rotatable bonds is 6. The molecule has 0 radical (unpaired) electrons. The lowest BCUT2D eigenvalue weighted by Gasteiger charge is -2.11. The molecule has 0 aliphatic heterocycles. The van der Waals surface area contributed by atoms with Gasteiger partial charge in [-0.05, 0) is 47.9 Å². The number of pyridine rings is 1. The van der Waals surface area contributed by atoms with Crippen molar-refractivity contribution < 1.29 is 14.3 Å². The topological polar surface area (TPSA) is 56.3 Å². The number of benzene rings is 3. The average Bonchev–Trinajstić information content (AvgIpc) is 3.04. The Hall–Kier alpha value is -3.79. The van der Waals surface area contributed by atoms with Crippen LogP contribution in [0.25, 0.3) is 21.7 Å². The van der Waals surface area contributed by atoms with Gasteiger partial charge in [0.1, 0.15) is 17.2 Å². The van der Waals surface area contributed by atoms with Crippen molar-refractivity contribution in [2.75, 3.05) is 6.61 Å². The SMILES string of the molecule is C=CCCCOc1cccc2ccc(C3C(=O)c4cc5ccccc5cc4C3=O)nc12. The Labute approximate surface area is 180 Å². The normalized spacial score (nSPS) is 13.7. The maximum atomic E-state index is 13.2. The van der Waals surface area contributed by atoms with E-state index in [0.717, 1.165) is 29.0 Å². The summed E-state index contributed by atoms with van der Waals surface area (Å²) in [6, 6.07) is 20.8. The van der Waals surface area contributed by atoms with E-state index < -0.39 is 5.92 Å². The lowest BCUT2D eigenvalue weighted by molar-refractivity contribution is 0.0888. The fourth-order valence-corrected chi connectivity index (χ4v) is 4.17. The molecule has 0 saturated carbocycles. The predicted octanol–water partition coefficient (Wildman–Crippen LogP) is 5.90. The van der Waals surface area contributed by atoms with E-state index in [1.165, 1.54) is 0 Å². The first-order valence-corrected chi connectivity index (χ1v) is 10.4. The highest BCUT2D eigenvalue weighted by Gasteiger charge is 2.40. The highest BCUT2D eigenvalue weighted by atomic mass is 16.5. The molecule has 0 N–H and O–H groups in total. The summed E-state index contributed by atoms with van der Waals surface area (Å²) in [7, 11) is 0. The third-order valence-corrected chi connectivity index (χ3v) is 5.75. The second-order valence-electron chi connectivity index (χ2n) is 7.75. The lowest BCUT2D eigenvalue weighted by Crippen LogP contribution is -2.14. The number of unbranched alkanes of at least 4 members (excludes halogenated alkanes) is 1. The van der Waals surface area contributed by atoms with Crippen LogP contribution in [0.5, 0.6) is 5.75 Å². The zero-order valence-corrected chi connectivity index (χ0v) is 17.0. The molecular weight excluding hydrogens is 386 g/mol. The number of ketones is 2. The first kappa shape index (κ1) is 19.2. The van der Waals surface area contributed by atoms with Gasteiger partial charge in [-0.15, -0.1) is 6.58 Å². The van der Waals surface area contributed by atoms with Gasteiger partial charge in [-0.3, -0.25) is 9.59 Å². The van der Waals surface area contributed by atoms with Crippen LogP contribution in [0.2, 0.25) is 0 Å². The number of carbonyl (C=O) groups excluding carboxylic acids is 2. The van der Waals surface area contributed by atoms with Crippen LogP contribution in [-0.2, 0) is 0 Å². The fraction of sp³-hybridized carbons (Fsp3) is 0.148. The number of Topliss-reactive ketones (excluding diaryl/α,β-unsaturated/α-hetero) is 2. The second-order valence-corrected chi connectivity index (χ2v) is 7.75. The number of hydrogen-bond acceptors (Lipinski definition) is 4. The van der Waals surface area contributed by atoms with Gasteiger partial charge >= 0.3 is 0 Å². The molecule has 3 aromatic carbocycles. The average molecular weight is 407 g/mol. The van der Waals surface area contributed by atoms with Crippen LogP contribution >= 0.6 is 0 Å². The molecule has 4 aromatic rings. The van der Waals surface area contributed by atoms with Crippen LogP contribution in [0.3, 0.4) is 0 Å². The van der Waals surface area contributed by atoms with E-state index in [-0.39, 0.29) is 11.6 Å². The maximum absolute atomic E-state index is 13.2.